The Morgan fingerprint density at radius 2 is 1.86 bits per heavy atom. The molecule has 0 aliphatic rings. The summed E-state index contributed by atoms with van der Waals surface area (Å²) in [6, 6.07) is -0.163. The summed E-state index contributed by atoms with van der Waals surface area (Å²) in [5.41, 5.74) is 0. The van der Waals surface area contributed by atoms with E-state index in [0.717, 1.165) is 0 Å². The summed E-state index contributed by atoms with van der Waals surface area (Å²) in [6.45, 7) is 6.86. The Kier molecular flexibility index (Phi) is 5.05. The summed E-state index contributed by atoms with van der Waals surface area (Å²) >= 11 is 0. The van der Waals surface area contributed by atoms with Gasteiger partial charge in [-0.1, -0.05) is 6.92 Å². The molecule has 2 N–H and O–H groups in total. The predicted molar refractivity (Wildman–Crippen MR) is 57.6 cm³/mol. The fourth-order valence-electron chi connectivity index (χ4n) is 0.898. The lowest BCUT2D eigenvalue weighted by molar-refractivity contribution is 0.270. The van der Waals surface area contributed by atoms with Crippen molar-refractivity contribution in [3.05, 3.63) is 0 Å². The Morgan fingerprint density at radius 3 is 2.14 bits per heavy atom. The highest BCUT2D eigenvalue weighted by atomic mass is 32.2. The van der Waals surface area contributed by atoms with Gasteiger partial charge in [0.15, 0.2) is 0 Å². The van der Waals surface area contributed by atoms with Crippen LogP contribution < -0.4 is 4.72 Å². The van der Waals surface area contributed by atoms with Gasteiger partial charge >= 0.3 is 0 Å². The van der Waals surface area contributed by atoms with E-state index in [0.29, 0.717) is 12.8 Å². The highest BCUT2D eigenvalue weighted by Crippen LogP contribution is 2.14. The van der Waals surface area contributed by atoms with E-state index >= 15 is 0 Å². The lowest BCUT2D eigenvalue weighted by Crippen LogP contribution is -2.44. The van der Waals surface area contributed by atoms with Gasteiger partial charge in [-0.15, -0.1) is 0 Å². The predicted octanol–water partition coefficient (Wildman–Crippen LogP) is 0.865. The molecular formula is C9H21NO3S. The van der Waals surface area contributed by atoms with Crippen LogP contribution in [0.5, 0.6) is 0 Å². The van der Waals surface area contributed by atoms with Crippen molar-refractivity contribution in [2.24, 2.45) is 0 Å². The maximum Gasteiger partial charge on any atom is 0.216 e. The van der Waals surface area contributed by atoms with E-state index < -0.39 is 14.8 Å². The van der Waals surface area contributed by atoms with Gasteiger partial charge in [-0.2, -0.15) is 0 Å². The lowest BCUT2D eigenvalue weighted by atomic mass is 10.2. The SMILES string of the molecule is CCC(CCO)NS(=O)(=O)C(C)(C)C. The molecule has 0 bridgehead atoms. The Bertz CT molecular complexity index is 254. The largest absolute Gasteiger partial charge is 0.396 e. The third kappa shape index (κ3) is 3.94. The molecule has 0 aromatic carbocycles. The zero-order chi connectivity index (χ0) is 11.4. The van der Waals surface area contributed by atoms with Crippen LogP contribution in [0.3, 0.4) is 0 Å². The van der Waals surface area contributed by atoms with Crippen LogP contribution >= 0.6 is 0 Å². The second kappa shape index (κ2) is 5.09. The lowest BCUT2D eigenvalue weighted by Gasteiger charge is -2.24. The first-order valence-corrected chi connectivity index (χ1v) is 6.35. The van der Waals surface area contributed by atoms with Crippen LogP contribution in [0.4, 0.5) is 0 Å². The van der Waals surface area contributed by atoms with Crippen LogP contribution in [-0.4, -0.2) is 30.9 Å². The molecule has 0 heterocycles. The standard InChI is InChI=1S/C9H21NO3S/c1-5-8(6-7-11)10-14(12,13)9(2,3)4/h8,10-11H,5-7H2,1-4H3. The zero-order valence-electron chi connectivity index (χ0n) is 9.37. The molecule has 4 nitrogen and oxygen atoms in total. The van der Waals surface area contributed by atoms with E-state index in [9.17, 15) is 8.42 Å². The van der Waals surface area contributed by atoms with Crippen LogP contribution in [0.15, 0.2) is 0 Å². The minimum atomic E-state index is -3.29. The smallest absolute Gasteiger partial charge is 0.216 e. The van der Waals surface area contributed by atoms with Crippen molar-refractivity contribution in [3.8, 4) is 0 Å². The van der Waals surface area contributed by atoms with Gasteiger partial charge in [0.05, 0.1) is 4.75 Å². The van der Waals surface area contributed by atoms with Gasteiger partial charge in [0.2, 0.25) is 10.0 Å². The number of sulfonamides is 1. The summed E-state index contributed by atoms with van der Waals surface area (Å²) in [4.78, 5) is 0. The van der Waals surface area contributed by atoms with Crippen LogP contribution in [-0.2, 0) is 10.0 Å². The van der Waals surface area contributed by atoms with Gasteiger partial charge in [-0.05, 0) is 33.6 Å². The Labute approximate surface area is 86.8 Å². The molecule has 0 saturated heterocycles. The molecule has 0 rings (SSSR count). The summed E-state index contributed by atoms with van der Waals surface area (Å²) in [5, 5.41) is 8.73. The summed E-state index contributed by atoms with van der Waals surface area (Å²) in [5.74, 6) is 0. The molecule has 5 heteroatoms. The zero-order valence-corrected chi connectivity index (χ0v) is 10.2. The molecule has 1 unspecified atom stereocenters. The molecule has 0 aliphatic heterocycles. The highest BCUT2D eigenvalue weighted by molar-refractivity contribution is 7.90. The van der Waals surface area contributed by atoms with Crippen LogP contribution in [0.2, 0.25) is 0 Å². The molecule has 0 amide bonds. The Morgan fingerprint density at radius 1 is 1.36 bits per heavy atom. The third-order valence-electron chi connectivity index (χ3n) is 2.10. The van der Waals surface area contributed by atoms with Crippen LogP contribution in [0.1, 0.15) is 40.5 Å². The molecule has 1 atom stereocenters. The topological polar surface area (TPSA) is 66.4 Å². The van der Waals surface area contributed by atoms with Crippen LogP contribution in [0.25, 0.3) is 0 Å². The molecule has 0 spiro atoms. The van der Waals surface area contributed by atoms with E-state index in [1.165, 1.54) is 0 Å². The van der Waals surface area contributed by atoms with E-state index in [1.807, 2.05) is 6.92 Å². The van der Waals surface area contributed by atoms with Crippen molar-refractivity contribution < 1.29 is 13.5 Å². The van der Waals surface area contributed by atoms with E-state index in [4.69, 9.17) is 5.11 Å². The maximum atomic E-state index is 11.7. The van der Waals surface area contributed by atoms with Crippen molar-refractivity contribution in [3.63, 3.8) is 0 Å². The van der Waals surface area contributed by atoms with Crippen molar-refractivity contribution in [2.75, 3.05) is 6.61 Å². The van der Waals surface area contributed by atoms with Crippen molar-refractivity contribution >= 4 is 10.0 Å². The van der Waals surface area contributed by atoms with Gasteiger partial charge in [0, 0.05) is 12.6 Å². The molecule has 0 radical (unpaired) electrons. The van der Waals surface area contributed by atoms with E-state index in [2.05, 4.69) is 4.72 Å². The first-order chi connectivity index (χ1) is 6.24. The van der Waals surface area contributed by atoms with E-state index in [-0.39, 0.29) is 12.6 Å². The quantitative estimate of drug-likeness (QED) is 0.726. The molecular weight excluding hydrogens is 202 g/mol. The summed E-state index contributed by atoms with van der Waals surface area (Å²) in [6.07, 6.45) is 1.15. The Balaban J connectivity index is 4.49. The number of rotatable bonds is 5. The second-order valence-electron chi connectivity index (χ2n) is 4.35. The number of aliphatic hydroxyl groups excluding tert-OH is 1. The maximum absolute atomic E-state index is 11.7. The van der Waals surface area contributed by atoms with E-state index in [1.54, 1.807) is 20.8 Å². The average Bonchev–Trinajstić information content (AvgIpc) is 2.01. The molecule has 0 aliphatic carbocycles. The molecule has 86 valence electrons. The first-order valence-electron chi connectivity index (χ1n) is 4.87. The molecule has 0 saturated carbocycles. The number of aliphatic hydroxyl groups is 1. The number of hydrogen-bond donors (Lipinski definition) is 2. The summed E-state index contributed by atoms with van der Waals surface area (Å²) in [7, 11) is -3.29. The number of nitrogens with one attached hydrogen (secondary N) is 1. The van der Waals surface area contributed by atoms with Crippen LogP contribution in [0, 0.1) is 0 Å². The van der Waals surface area contributed by atoms with Crippen molar-refractivity contribution in [1.29, 1.82) is 0 Å². The highest BCUT2D eigenvalue weighted by Gasteiger charge is 2.30. The molecule has 0 fully saturated rings. The number of hydrogen-bond acceptors (Lipinski definition) is 3. The van der Waals surface area contributed by atoms with Crippen molar-refractivity contribution in [1.82, 2.24) is 4.72 Å². The minimum Gasteiger partial charge on any atom is -0.396 e. The monoisotopic (exact) mass is 223 g/mol. The second-order valence-corrected chi connectivity index (χ2v) is 6.82. The van der Waals surface area contributed by atoms with Gasteiger partial charge < -0.3 is 5.11 Å². The molecule has 0 aromatic heterocycles. The average molecular weight is 223 g/mol. The van der Waals surface area contributed by atoms with Gasteiger partial charge in [-0.25, -0.2) is 13.1 Å². The van der Waals surface area contributed by atoms with Gasteiger partial charge in [-0.3, -0.25) is 0 Å². The third-order valence-corrected chi connectivity index (χ3v) is 4.35. The van der Waals surface area contributed by atoms with Crippen molar-refractivity contribution in [2.45, 2.75) is 51.3 Å². The fraction of sp³-hybridized carbons (Fsp3) is 1.00. The first kappa shape index (κ1) is 13.9. The molecule has 0 aromatic rings. The fourth-order valence-corrected chi connectivity index (χ4v) is 1.98. The minimum absolute atomic E-state index is 0.00513. The summed E-state index contributed by atoms with van der Waals surface area (Å²) < 4.78 is 25.2. The van der Waals surface area contributed by atoms with Gasteiger partial charge in [0.1, 0.15) is 0 Å². The van der Waals surface area contributed by atoms with Gasteiger partial charge in [0.25, 0.3) is 0 Å². The molecule has 14 heavy (non-hydrogen) atoms. The normalized spacial score (nSPS) is 15.5. The Hall–Kier alpha value is -0.130.